The zero-order valence-electron chi connectivity index (χ0n) is 9.58. The van der Waals surface area contributed by atoms with E-state index in [0.717, 1.165) is 0 Å². The molecular formula is C13H5Cl3F4. The fourth-order valence-corrected chi connectivity index (χ4v) is 2.46. The summed E-state index contributed by atoms with van der Waals surface area (Å²) >= 11 is 16.7. The van der Waals surface area contributed by atoms with Crippen molar-refractivity contribution in [3.8, 4) is 11.1 Å². The first-order chi connectivity index (χ1) is 9.38. The Bertz CT molecular complexity index is 657. The maximum Gasteiger partial charge on any atom is 0.170 e. The first kappa shape index (κ1) is 15.4. The van der Waals surface area contributed by atoms with Gasteiger partial charge in [-0.3, -0.25) is 0 Å². The lowest BCUT2D eigenvalue weighted by Crippen LogP contribution is -2.05. The van der Waals surface area contributed by atoms with Gasteiger partial charge in [-0.1, -0.05) is 29.3 Å². The van der Waals surface area contributed by atoms with Crippen molar-refractivity contribution >= 4 is 34.8 Å². The van der Waals surface area contributed by atoms with Crippen LogP contribution in [0.1, 0.15) is 5.56 Å². The minimum absolute atomic E-state index is 0.132. The lowest BCUT2D eigenvalue weighted by molar-refractivity contribution is 0.448. The van der Waals surface area contributed by atoms with Crippen molar-refractivity contribution in [3.63, 3.8) is 0 Å². The zero-order valence-corrected chi connectivity index (χ0v) is 11.9. The summed E-state index contributed by atoms with van der Waals surface area (Å²) < 4.78 is 55.2. The molecule has 0 amide bonds. The molecule has 0 unspecified atom stereocenters. The van der Waals surface area contributed by atoms with Gasteiger partial charge < -0.3 is 0 Å². The Kier molecular flexibility index (Phi) is 4.47. The van der Waals surface area contributed by atoms with E-state index in [1.165, 1.54) is 18.2 Å². The molecule has 0 atom stereocenters. The van der Waals surface area contributed by atoms with E-state index < -0.39 is 40.3 Å². The number of alkyl halides is 1. The highest BCUT2D eigenvalue weighted by molar-refractivity contribution is 6.36. The molecule has 0 aliphatic rings. The second-order valence-corrected chi connectivity index (χ2v) is 4.98. The van der Waals surface area contributed by atoms with Crippen molar-refractivity contribution in [3.05, 3.63) is 57.1 Å². The van der Waals surface area contributed by atoms with Gasteiger partial charge in [0, 0.05) is 16.1 Å². The Morgan fingerprint density at radius 2 is 1.40 bits per heavy atom. The number of rotatable bonds is 2. The molecule has 106 valence electrons. The molecule has 0 aromatic heterocycles. The third-order valence-corrected chi connectivity index (χ3v) is 3.50. The number of hydrogen-bond acceptors (Lipinski definition) is 0. The smallest absolute Gasteiger partial charge is 0.170 e. The standard InChI is InChI=1S/C13H5Cl3F4/c14-4-7-10(17)12(19)9(13(20)11(7)18)6-2-1-5(15)3-8(6)16/h1-3H,4H2. The van der Waals surface area contributed by atoms with Crippen LogP contribution in [0.25, 0.3) is 11.1 Å². The van der Waals surface area contributed by atoms with Crippen LogP contribution in [0.3, 0.4) is 0 Å². The van der Waals surface area contributed by atoms with E-state index in [1.54, 1.807) is 0 Å². The molecule has 0 spiro atoms. The SMILES string of the molecule is Fc1c(F)c(-c2ccc(Cl)cc2Cl)c(F)c(F)c1CCl. The quantitative estimate of drug-likeness (QED) is 0.359. The molecule has 2 aromatic rings. The van der Waals surface area contributed by atoms with Gasteiger partial charge in [-0.2, -0.15) is 0 Å². The molecule has 0 heterocycles. The van der Waals surface area contributed by atoms with Gasteiger partial charge in [0.2, 0.25) is 0 Å². The van der Waals surface area contributed by atoms with E-state index >= 15 is 0 Å². The third-order valence-electron chi connectivity index (χ3n) is 2.69. The predicted molar refractivity (Wildman–Crippen MR) is 71.3 cm³/mol. The molecular weight excluding hydrogens is 338 g/mol. The van der Waals surface area contributed by atoms with Gasteiger partial charge in [0.1, 0.15) is 0 Å². The number of halogens is 7. The van der Waals surface area contributed by atoms with Crippen molar-refractivity contribution in [2.45, 2.75) is 5.88 Å². The highest BCUT2D eigenvalue weighted by Crippen LogP contribution is 2.37. The molecule has 0 radical (unpaired) electrons. The van der Waals surface area contributed by atoms with Crippen molar-refractivity contribution in [1.29, 1.82) is 0 Å². The largest absolute Gasteiger partial charge is 0.203 e. The van der Waals surface area contributed by atoms with Crippen molar-refractivity contribution in [2.24, 2.45) is 0 Å². The van der Waals surface area contributed by atoms with Crippen LogP contribution >= 0.6 is 34.8 Å². The molecule has 0 saturated heterocycles. The molecule has 7 heteroatoms. The van der Waals surface area contributed by atoms with Crippen LogP contribution < -0.4 is 0 Å². The van der Waals surface area contributed by atoms with Crippen LogP contribution in [-0.4, -0.2) is 0 Å². The third kappa shape index (κ3) is 2.48. The summed E-state index contributed by atoms with van der Waals surface area (Å²) in [6.07, 6.45) is 0. The van der Waals surface area contributed by atoms with Crippen molar-refractivity contribution in [1.82, 2.24) is 0 Å². The van der Waals surface area contributed by atoms with Crippen LogP contribution in [0, 0.1) is 23.3 Å². The molecule has 0 aliphatic carbocycles. The topological polar surface area (TPSA) is 0 Å². The zero-order chi connectivity index (χ0) is 15.0. The van der Waals surface area contributed by atoms with Crippen LogP contribution in [0.15, 0.2) is 18.2 Å². The molecule has 2 rings (SSSR count). The Balaban J connectivity index is 2.81. The van der Waals surface area contributed by atoms with Gasteiger partial charge in [0.15, 0.2) is 23.3 Å². The van der Waals surface area contributed by atoms with E-state index in [4.69, 9.17) is 34.8 Å². The summed E-state index contributed by atoms with van der Waals surface area (Å²) in [6, 6.07) is 3.68. The van der Waals surface area contributed by atoms with Gasteiger partial charge >= 0.3 is 0 Å². The van der Waals surface area contributed by atoms with Gasteiger partial charge in [-0.15, -0.1) is 11.6 Å². The molecule has 0 bridgehead atoms. The van der Waals surface area contributed by atoms with E-state index in [0.29, 0.717) is 0 Å². The summed E-state index contributed by atoms with van der Waals surface area (Å²) in [7, 11) is 0. The molecule has 0 nitrogen and oxygen atoms in total. The summed E-state index contributed by atoms with van der Waals surface area (Å²) in [6.45, 7) is 0. The highest BCUT2D eigenvalue weighted by atomic mass is 35.5. The average Bonchev–Trinajstić information content (AvgIpc) is 2.40. The van der Waals surface area contributed by atoms with Crippen LogP contribution in [0.2, 0.25) is 10.0 Å². The maximum atomic E-state index is 13.9. The Hall–Kier alpha value is -0.970. The average molecular weight is 344 g/mol. The lowest BCUT2D eigenvalue weighted by atomic mass is 10.0. The fourth-order valence-electron chi connectivity index (χ4n) is 1.72. The van der Waals surface area contributed by atoms with Crippen LogP contribution in [0.4, 0.5) is 17.6 Å². The van der Waals surface area contributed by atoms with E-state index in [2.05, 4.69) is 0 Å². The number of hydrogen-bond donors (Lipinski definition) is 0. The Morgan fingerprint density at radius 3 is 1.85 bits per heavy atom. The minimum Gasteiger partial charge on any atom is -0.203 e. The maximum absolute atomic E-state index is 13.9. The normalized spacial score (nSPS) is 10.9. The first-order valence-corrected chi connectivity index (χ1v) is 6.53. The van der Waals surface area contributed by atoms with E-state index in [9.17, 15) is 17.6 Å². The Labute approximate surface area is 126 Å². The predicted octanol–water partition coefficient (Wildman–Crippen LogP) is 5.96. The molecule has 0 saturated carbocycles. The summed E-state index contributed by atoms with van der Waals surface area (Å²) in [5.41, 5.74) is -1.96. The van der Waals surface area contributed by atoms with E-state index in [1.807, 2.05) is 0 Å². The first-order valence-electron chi connectivity index (χ1n) is 5.24. The highest BCUT2D eigenvalue weighted by Gasteiger charge is 2.26. The lowest BCUT2D eigenvalue weighted by Gasteiger charge is -2.12. The molecule has 0 fully saturated rings. The summed E-state index contributed by atoms with van der Waals surface area (Å²) in [5.74, 6) is -6.88. The van der Waals surface area contributed by atoms with Crippen LogP contribution in [0.5, 0.6) is 0 Å². The fraction of sp³-hybridized carbons (Fsp3) is 0.0769. The molecule has 0 N–H and O–H groups in total. The van der Waals surface area contributed by atoms with Gasteiger partial charge in [0.05, 0.1) is 16.5 Å². The summed E-state index contributed by atoms with van der Waals surface area (Å²) in [4.78, 5) is 0. The monoisotopic (exact) mass is 342 g/mol. The molecule has 2 aromatic carbocycles. The van der Waals surface area contributed by atoms with Gasteiger partial charge in [-0.05, 0) is 12.1 Å². The Morgan fingerprint density at radius 1 is 0.850 bits per heavy atom. The van der Waals surface area contributed by atoms with Crippen LogP contribution in [-0.2, 0) is 5.88 Å². The van der Waals surface area contributed by atoms with Crippen molar-refractivity contribution in [2.75, 3.05) is 0 Å². The second-order valence-electron chi connectivity index (χ2n) is 3.87. The molecule has 20 heavy (non-hydrogen) atoms. The number of benzene rings is 2. The van der Waals surface area contributed by atoms with E-state index in [-0.39, 0.29) is 15.6 Å². The van der Waals surface area contributed by atoms with Gasteiger partial charge in [-0.25, -0.2) is 17.6 Å². The second kappa shape index (κ2) is 5.80. The van der Waals surface area contributed by atoms with Gasteiger partial charge in [0.25, 0.3) is 0 Å². The minimum atomic E-state index is -1.55. The molecule has 0 aliphatic heterocycles. The summed E-state index contributed by atoms with van der Waals surface area (Å²) in [5, 5.41) is 0.0885. The van der Waals surface area contributed by atoms with Crippen molar-refractivity contribution < 1.29 is 17.6 Å².